The number of thioether (sulfide) groups is 1. The van der Waals surface area contributed by atoms with Crippen LogP contribution in [-0.2, 0) is 4.79 Å². The minimum absolute atomic E-state index is 0.0160. The number of amides is 1. The Morgan fingerprint density at radius 2 is 2.00 bits per heavy atom. The Morgan fingerprint density at radius 3 is 2.53 bits per heavy atom. The summed E-state index contributed by atoms with van der Waals surface area (Å²) in [6, 6.07) is 4.01. The van der Waals surface area contributed by atoms with Crippen molar-refractivity contribution in [1.82, 2.24) is 9.88 Å². The largest absolute Gasteiger partial charge is 0.395 e. The highest BCUT2D eigenvalue weighted by Crippen LogP contribution is 2.18. The molecule has 106 valence electrons. The summed E-state index contributed by atoms with van der Waals surface area (Å²) in [5.41, 5.74) is 0. The first-order valence-electron chi connectivity index (χ1n) is 6.66. The highest BCUT2D eigenvalue weighted by Gasteiger charge is 2.20. The predicted molar refractivity (Wildman–Crippen MR) is 78.1 cm³/mol. The van der Waals surface area contributed by atoms with Crippen LogP contribution in [0.15, 0.2) is 29.4 Å². The summed E-state index contributed by atoms with van der Waals surface area (Å²) >= 11 is 1.51. The number of carbonyl (C=O) groups excluding carboxylic acids is 1. The van der Waals surface area contributed by atoms with Crippen molar-refractivity contribution in [2.24, 2.45) is 0 Å². The number of hydrogen-bond acceptors (Lipinski definition) is 4. The molecule has 0 radical (unpaired) electrons. The Labute approximate surface area is 119 Å². The lowest BCUT2D eigenvalue weighted by Crippen LogP contribution is -2.42. The van der Waals surface area contributed by atoms with Gasteiger partial charge in [-0.2, -0.15) is 0 Å². The normalized spacial score (nSPS) is 10.7. The molecule has 5 heteroatoms. The fourth-order valence-corrected chi connectivity index (χ4v) is 2.78. The molecular formula is C14H22N2O2S. The summed E-state index contributed by atoms with van der Waals surface area (Å²) in [6.07, 6.45) is 5.28. The Kier molecular flexibility index (Phi) is 7.52. The molecule has 19 heavy (non-hydrogen) atoms. The standard InChI is InChI=1S/C14H22N2O2S/c1-3-12(4-2)16(9-10-17)14(18)11-19-13-5-7-15-8-6-13/h5-8,12,17H,3-4,9-11H2,1-2H3. The van der Waals surface area contributed by atoms with Crippen LogP contribution in [0.3, 0.4) is 0 Å². The van der Waals surface area contributed by atoms with Gasteiger partial charge in [0.05, 0.1) is 12.4 Å². The average molecular weight is 282 g/mol. The van der Waals surface area contributed by atoms with Crippen molar-refractivity contribution in [3.05, 3.63) is 24.5 Å². The van der Waals surface area contributed by atoms with Crippen molar-refractivity contribution in [1.29, 1.82) is 0 Å². The minimum atomic E-state index is 0.0160. The number of aliphatic hydroxyl groups excluding tert-OH is 1. The fraction of sp³-hybridized carbons (Fsp3) is 0.571. The molecule has 0 spiro atoms. The van der Waals surface area contributed by atoms with E-state index in [1.807, 2.05) is 12.1 Å². The van der Waals surface area contributed by atoms with Crippen LogP contribution in [0.4, 0.5) is 0 Å². The van der Waals surface area contributed by atoms with Gasteiger partial charge >= 0.3 is 0 Å². The van der Waals surface area contributed by atoms with Gasteiger partial charge in [0.1, 0.15) is 0 Å². The maximum Gasteiger partial charge on any atom is 0.233 e. The average Bonchev–Trinajstić information content (AvgIpc) is 2.46. The van der Waals surface area contributed by atoms with Crippen LogP contribution >= 0.6 is 11.8 Å². The number of pyridine rings is 1. The Balaban J connectivity index is 2.57. The molecule has 0 aliphatic rings. The van der Waals surface area contributed by atoms with Crippen LogP contribution in [-0.4, -0.2) is 45.8 Å². The Hall–Kier alpha value is -1.07. The van der Waals surface area contributed by atoms with E-state index in [-0.39, 0.29) is 18.6 Å². The zero-order valence-electron chi connectivity index (χ0n) is 11.6. The smallest absolute Gasteiger partial charge is 0.233 e. The number of carbonyl (C=O) groups is 1. The van der Waals surface area contributed by atoms with Crippen LogP contribution in [0.5, 0.6) is 0 Å². The zero-order chi connectivity index (χ0) is 14.1. The summed E-state index contributed by atoms with van der Waals surface area (Å²) in [5.74, 6) is 0.491. The molecule has 0 unspecified atom stereocenters. The maximum absolute atomic E-state index is 12.2. The molecule has 0 saturated heterocycles. The van der Waals surface area contributed by atoms with Crippen molar-refractivity contribution >= 4 is 17.7 Å². The zero-order valence-corrected chi connectivity index (χ0v) is 12.4. The Bertz CT molecular complexity index is 369. The lowest BCUT2D eigenvalue weighted by Gasteiger charge is -2.30. The highest BCUT2D eigenvalue weighted by atomic mass is 32.2. The van der Waals surface area contributed by atoms with Gasteiger partial charge in [-0.15, -0.1) is 11.8 Å². The van der Waals surface area contributed by atoms with E-state index in [4.69, 9.17) is 5.11 Å². The third-order valence-electron chi connectivity index (χ3n) is 3.06. The number of rotatable bonds is 8. The van der Waals surface area contributed by atoms with Gasteiger partial charge in [-0.1, -0.05) is 13.8 Å². The quantitative estimate of drug-likeness (QED) is 0.743. The molecule has 0 atom stereocenters. The van der Waals surface area contributed by atoms with Gasteiger partial charge in [0.2, 0.25) is 5.91 Å². The number of hydrogen-bond donors (Lipinski definition) is 1. The predicted octanol–water partition coefficient (Wildman–Crippen LogP) is 2.18. The maximum atomic E-state index is 12.2. The van der Waals surface area contributed by atoms with Crippen LogP contribution < -0.4 is 0 Å². The van der Waals surface area contributed by atoms with Gasteiger partial charge in [-0.25, -0.2) is 0 Å². The minimum Gasteiger partial charge on any atom is -0.395 e. The van der Waals surface area contributed by atoms with E-state index in [0.29, 0.717) is 12.3 Å². The molecule has 0 aromatic carbocycles. The van der Waals surface area contributed by atoms with Gasteiger partial charge in [-0.3, -0.25) is 9.78 Å². The second-order valence-electron chi connectivity index (χ2n) is 4.25. The van der Waals surface area contributed by atoms with Crippen LogP contribution in [0.2, 0.25) is 0 Å². The summed E-state index contributed by atoms with van der Waals surface area (Å²) in [6.45, 7) is 4.58. The van der Waals surface area contributed by atoms with Crippen molar-refractivity contribution in [2.75, 3.05) is 18.9 Å². The van der Waals surface area contributed by atoms with Crippen LogP contribution in [0, 0.1) is 0 Å². The third kappa shape index (κ3) is 5.20. The van der Waals surface area contributed by atoms with E-state index in [2.05, 4.69) is 18.8 Å². The van der Waals surface area contributed by atoms with E-state index in [1.54, 1.807) is 17.3 Å². The van der Waals surface area contributed by atoms with Gasteiger partial charge < -0.3 is 10.0 Å². The fourth-order valence-electron chi connectivity index (χ4n) is 2.01. The summed E-state index contributed by atoms with van der Waals surface area (Å²) in [7, 11) is 0. The summed E-state index contributed by atoms with van der Waals surface area (Å²) in [4.78, 5) is 19.0. The molecule has 1 rings (SSSR count). The van der Waals surface area contributed by atoms with Gasteiger partial charge in [0.15, 0.2) is 0 Å². The molecule has 1 aromatic heterocycles. The lowest BCUT2D eigenvalue weighted by molar-refractivity contribution is -0.131. The van der Waals surface area contributed by atoms with E-state index in [1.165, 1.54) is 11.8 Å². The first-order chi connectivity index (χ1) is 9.22. The van der Waals surface area contributed by atoms with Crippen molar-refractivity contribution in [3.63, 3.8) is 0 Å². The SMILES string of the molecule is CCC(CC)N(CCO)C(=O)CSc1ccncc1. The molecule has 4 nitrogen and oxygen atoms in total. The summed E-state index contributed by atoms with van der Waals surface area (Å²) in [5, 5.41) is 9.10. The topological polar surface area (TPSA) is 53.4 Å². The third-order valence-corrected chi connectivity index (χ3v) is 4.05. The number of aliphatic hydroxyl groups is 1. The number of nitrogens with zero attached hydrogens (tertiary/aromatic N) is 2. The second-order valence-corrected chi connectivity index (χ2v) is 5.30. The molecule has 0 aliphatic heterocycles. The van der Waals surface area contributed by atoms with E-state index < -0.39 is 0 Å². The lowest BCUT2D eigenvalue weighted by atomic mass is 10.1. The molecule has 1 aromatic rings. The molecule has 1 heterocycles. The first kappa shape index (κ1) is 16.0. The molecule has 0 aliphatic carbocycles. The molecule has 1 N–H and O–H groups in total. The van der Waals surface area contributed by atoms with Crippen LogP contribution in [0.25, 0.3) is 0 Å². The first-order valence-corrected chi connectivity index (χ1v) is 7.64. The van der Waals surface area contributed by atoms with Crippen molar-refractivity contribution in [2.45, 2.75) is 37.6 Å². The van der Waals surface area contributed by atoms with E-state index >= 15 is 0 Å². The van der Waals surface area contributed by atoms with Gasteiger partial charge in [0, 0.05) is 29.9 Å². The Morgan fingerprint density at radius 1 is 1.37 bits per heavy atom. The number of aromatic nitrogens is 1. The second kappa shape index (κ2) is 8.93. The van der Waals surface area contributed by atoms with Gasteiger partial charge in [-0.05, 0) is 25.0 Å². The van der Waals surface area contributed by atoms with E-state index in [0.717, 1.165) is 17.7 Å². The molecule has 0 fully saturated rings. The monoisotopic (exact) mass is 282 g/mol. The van der Waals surface area contributed by atoms with Crippen molar-refractivity contribution in [3.8, 4) is 0 Å². The van der Waals surface area contributed by atoms with Crippen molar-refractivity contribution < 1.29 is 9.90 Å². The molecule has 0 bridgehead atoms. The molecule has 0 saturated carbocycles. The molecular weight excluding hydrogens is 260 g/mol. The highest BCUT2D eigenvalue weighted by molar-refractivity contribution is 8.00. The van der Waals surface area contributed by atoms with E-state index in [9.17, 15) is 4.79 Å². The van der Waals surface area contributed by atoms with Crippen LogP contribution in [0.1, 0.15) is 26.7 Å². The summed E-state index contributed by atoms with van der Waals surface area (Å²) < 4.78 is 0. The van der Waals surface area contributed by atoms with Gasteiger partial charge in [0.25, 0.3) is 0 Å². The molecule has 1 amide bonds.